The third kappa shape index (κ3) is 4.50. The number of sulfone groups is 1. The Labute approximate surface area is 188 Å². The van der Waals surface area contributed by atoms with E-state index in [0.717, 1.165) is 24.1 Å². The number of carbonyl (C=O) groups excluding carboxylic acids is 2. The summed E-state index contributed by atoms with van der Waals surface area (Å²) in [6.45, 7) is 4.44. The Morgan fingerprint density at radius 2 is 1.94 bits per heavy atom. The molecule has 1 fully saturated rings. The molecule has 2 aromatic rings. The predicted octanol–water partition coefficient (Wildman–Crippen LogP) is 3.58. The number of hydrogen-bond acceptors (Lipinski definition) is 5. The third-order valence-corrected chi connectivity index (χ3v) is 8.07. The molecule has 2 aromatic carbocycles. The first kappa shape index (κ1) is 22.3. The molecule has 170 valence electrons. The first-order chi connectivity index (χ1) is 15.3. The summed E-state index contributed by atoms with van der Waals surface area (Å²) in [5.41, 5.74) is 2.18. The summed E-state index contributed by atoms with van der Waals surface area (Å²) in [5.74, 6) is 0.408. The molecule has 0 radical (unpaired) electrons. The summed E-state index contributed by atoms with van der Waals surface area (Å²) >= 11 is 0. The van der Waals surface area contributed by atoms with E-state index in [4.69, 9.17) is 4.74 Å². The van der Waals surface area contributed by atoms with Crippen molar-refractivity contribution in [2.24, 2.45) is 5.92 Å². The van der Waals surface area contributed by atoms with Gasteiger partial charge in [0.25, 0.3) is 0 Å². The van der Waals surface area contributed by atoms with Gasteiger partial charge in [-0.25, -0.2) is 8.42 Å². The van der Waals surface area contributed by atoms with E-state index >= 15 is 0 Å². The number of para-hydroxylation sites is 2. The highest BCUT2D eigenvalue weighted by atomic mass is 32.2. The molecule has 1 saturated carbocycles. The van der Waals surface area contributed by atoms with Crippen molar-refractivity contribution in [3.8, 4) is 5.75 Å². The summed E-state index contributed by atoms with van der Waals surface area (Å²) in [4.78, 5) is 27.0. The summed E-state index contributed by atoms with van der Waals surface area (Å²) in [7, 11) is -3.71. The van der Waals surface area contributed by atoms with E-state index in [1.807, 2.05) is 6.92 Å². The van der Waals surface area contributed by atoms with Crippen LogP contribution < -0.4 is 15.0 Å². The maximum absolute atomic E-state index is 13.1. The number of carbonyl (C=O) groups is 2. The maximum Gasteiger partial charge on any atom is 0.230 e. The van der Waals surface area contributed by atoms with Crippen LogP contribution in [0.4, 0.5) is 11.4 Å². The Balaban J connectivity index is 1.45. The molecule has 1 heterocycles. The number of amides is 2. The lowest BCUT2D eigenvalue weighted by atomic mass is 10.2. The lowest BCUT2D eigenvalue weighted by Crippen LogP contribution is -2.30. The zero-order valence-electron chi connectivity index (χ0n) is 18.3. The summed E-state index contributed by atoms with van der Waals surface area (Å²) in [6.07, 6.45) is 2.34. The van der Waals surface area contributed by atoms with Gasteiger partial charge in [0, 0.05) is 24.6 Å². The molecule has 0 unspecified atom stereocenters. The molecule has 8 heteroatoms. The molecule has 4 rings (SSSR count). The monoisotopic (exact) mass is 456 g/mol. The minimum atomic E-state index is -3.71. The van der Waals surface area contributed by atoms with Gasteiger partial charge in [0.2, 0.25) is 11.8 Å². The average Bonchev–Trinajstić information content (AvgIpc) is 3.53. The van der Waals surface area contributed by atoms with Crippen LogP contribution in [-0.4, -0.2) is 38.6 Å². The second-order valence-corrected chi connectivity index (χ2v) is 10.7. The van der Waals surface area contributed by atoms with Crippen LogP contribution in [0, 0.1) is 5.92 Å². The average molecular weight is 457 g/mol. The smallest absolute Gasteiger partial charge is 0.230 e. The number of nitrogens with one attached hydrogen (secondary N) is 1. The first-order valence-corrected chi connectivity index (χ1v) is 12.6. The number of benzene rings is 2. The minimum absolute atomic E-state index is 0.121. The molecule has 1 N–H and O–H groups in total. The van der Waals surface area contributed by atoms with Crippen LogP contribution in [0.3, 0.4) is 0 Å². The molecule has 2 amide bonds. The highest BCUT2D eigenvalue weighted by Crippen LogP contribution is 2.37. The number of fused-ring (bicyclic) bond motifs is 1. The second kappa shape index (κ2) is 8.94. The normalized spacial score (nSPS) is 16.4. The molecule has 1 aliphatic carbocycles. The van der Waals surface area contributed by atoms with Crippen LogP contribution in [0.2, 0.25) is 0 Å². The molecule has 7 nitrogen and oxygen atoms in total. The second-order valence-electron chi connectivity index (χ2n) is 8.34. The molecule has 1 aliphatic heterocycles. The van der Waals surface area contributed by atoms with Crippen molar-refractivity contribution in [1.82, 2.24) is 0 Å². The fraction of sp³-hybridized carbons (Fsp3) is 0.417. The molecule has 0 aromatic heterocycles. The van der Waals surface area contributed by atoms with Crippen molar-refractivity contribution in [3.63, 3.8) is 0 Å². The van der Waals surface area contributed by atoms with Gasteiger partial charge in [-0.3, -0.25) is 9.59 Å². The van der Waals surface area contributed by atoms with E-state index in [1.54, 1.807) is 54.3 Å². The van der Waals surface area contributed by atoms with Crippen molar-refractivity contribution in [2.45, 2.75) is 49.7 Å². The quantitative estimate of drug-likeness (QED) is 0.656. The standard InChI is InChI=1S/C24H28N2O5S/c1-3-31-22-7-5-4-6-20(22)25-23(27)14-16(2)32(29,30)19-10-11-21-18(15-19)12-13-26(21)24(28)17-8-9-17/h4-7,10-11,15-17H,3,8-9,12-14H2,1-2H3,(H,25,27)/t16-/m0/s1. The van der Waals surface area contributed by atoms with Gasteiger partial charge in [-0.2, -0.15) is 0 Å². The van der Waals surface area contributed by atoms with Gasteiger partial charge in [-0.15, -0.1) is 0 Å². The van der Waals surface area contributed by atoms with Crippen LogP contribution in [0.25, 0.3) is 0 Å². The zero-order valence-corrected chi connectivity index (χ0v) is 19.2. The molecule has 1 atom stereocenters. The molecule has 2 aliphatic rings. The predicted molar refractivity (Wildman–Crippen MR) is 123 cm³/mol. The van der Waals surface area contributed by atoms with Crippen molar-refractivity contribution in [1.29, 1.82) is 0 Å². The lowest BCUT2D eigenvalue weighted by Gasteiger charge is -2.18. The van der Waals surface area contributed by atoms with Crippen molar-refractivity contribution in [2.75, 3.05) is 23.4 Å². The van der Waals surface area contributed by atoms with E-state index in [2.05, 4.69) is 5.32 Å². The number of rotatable bonds is 8. The minimum Gasteiger partial charge on any atom is -0.492 e. The summed E-state index contributed by atoms with van der Waals surface area (Å²) < 4.78 is 31.8. The third-order valence-electron chi connectivity index (χ3n) is 5.93. The largest absolute Gasteiger partial charge is 0.492 e. The number of hydrogen-bond donors (Lipinski definition) is 1. The highest BCUT2D eigenvalue weighted by molar-refractivity contribution is 7.92. The van der Waals surface area contributed by atoms with Gasteiger partial charge in [0.05, 0.1) is 22.4 Å². The maximum atomic E-state index is 13.1. The fourth-order valence-corrected chi connectivity index (χ4v) is 5.39. The van der Waals surface area contributed by atoms with E-state index in [0.29, 0.717) is 31.0 Å². The van der Waals surface area contributed by atoms with Crippen LogP contribution in [0.15, 0.2) is 47.4 Å². The van der Waals surface area contributed by atoms with Crippen LogP contribution in [0.1, 0.15) is 38.7 Å². The van der Waals surface area contributed by atoms with Gasteiger partial charge >= 0.3 is 0 Å². The molecular formula is C24H28N2O5S. The van der Waals surface area contributed by atoms with Gasteiger partial charge in [0.1, 0.15) is 5.75 Å². The Kier molecular flexibility index (Phi) is 6.24. The highest BCUT2D eigenvalue weighted by Gasteiger charge is 2.37. The Hall–Kier alpha value is -2.87. The van der Waals surface area contributed by atoms with E-state index in [-0.39, 0.29) is 23.1 Å². The van der Waals surface area contributed by atoms with Crippen molar-refractivity contribution in [3.05, 3.63) is 48.0 Å². The molecular weight excluding hydrogens is 428 g/mol. The van der Waals surface area contributed by atoms with Crippen LogP contribution in [0.5, 0.6) is 5.75 Å². The van der Waals surface area contributed by atoms with E-state index in [9.17, 15) is 18.0 Å². The fourth-order valence-electron chi connectivity index (χ4n) is 3.99. The van der Waals surface area contributed by atoms with Crippen molar-refractivity contribution < 1.29 is 22.7 Å². The van der Waals surface area contributed by atoms with E-state index in [1.165, 1.54) is 0 Å². The number of nitrogens with zero attached hydrogens (tertiary/aromatic N) is 1. The van der Waals surface area contributed by atoms with Crippen molar-refractivity contribution >= 4 is 33.0 Å². The Morgan fingerprint density at radius 3 is 2.66 bits per heavy atom. The first-order valence-electron chi connectivity index (χ1n) is 11.0. The topological polar surface area (TPSA) is 92.8 Å². The van der Waals surface area contributed by atoms with Gasteiger partial charge in [-0.05, 0) is 69.0 Å². The molecule has 0 bridgehead atoms. The SMILES string of the molecule is CCOc1ccccc1NC(=O)C[C@H](C)S(=O)(=O)c1ccc2c(c1)CCN2C(=O)C1CC1. The number of anilines is 2. The summed E-state index contributed by atoms with van der Waals surface area (Å²) in [5, 5.41) is 1.86. The molecule has 0 spiro atoms. The Morgan fingerprint density at radius 1 is 1.19 bits per heavy atom. The van der Waals surface area contributed by atoms with Crippen LogP contribution >= 0.6 is 0 Å². The van der Waals surface area contributed by atoms with Gasteiger partial charge in [-0.1, -0.05) is 12.1 Å². The lowest BCUT2D eigenvalue weighted by molar-refractivity contribution is -0.119. The molecule has 0 saturated heterocycles. The molecule has 32 heavy (non-hydrogen) atoms. The van der Waals surface area contributed by atoms with Crippen LogP contribution in [-0.2, 0) is 25.8 Å². The zero-order chi connectivity index (χ0) is 22.9. The van der Waals surface area contributed by atoms with Gasteiger partial charge < -0.3 is 15.0 Å². The number of ether oxygens (including phenoxy) is 1. The van der Waals surface area contributed by atoms with E-state index < -0.39 is 21.0 Å². The summed E-state index contributed by atoms with van der Waals surface area (Å²) in [6, 6.07) is 12.0. The van der Waals surface area contributed by atoms with Gasteiger partial charge in [0.15, 0.2) is 9.84 Å². The Bertz CT molecular complexity index is 1140.